The Balaban J connectivity index is 0.850. The fraction of sp³-hybridized carbons (Fsp3) is 0.449. The van der Waals surface area contributed by atoms with E-state index >= 15 is 4.39 Å². The van der Waals surface area contributed by atoms with E-state index < -0.39 is 61.8 Å². The molecule has 21 heteroatoms. The van der Waals surface area contributed by atoms with E-state index in [1.807, 2.05) is 36.1 Å². The second kappa shape index (κ2) is 23.1. The maximum Gasteiger partial charge on any atom is 0.406 e. The van der Waals surface area contributed by atoms with Crippen LogP contribution in [0.2, 0.25) is 0 Å². The van der Waals surface area contributed by atoms with E-state index in [1.54, 1.807) is 35.3 Å². The van der Waals surface area contributed by atoms with Gasteiger partial charge in [-0.1, -0.05) is 37.6 Å². The van der Waals surface area contributed by atoms with Gasteiger partial charge in [0.15, 0.2) is 0 Å². The number of halogens is 5. The van der Waals surface area contributed by atoms with Crippen molar-refractivity contribution in [2.75, 3.05) is 69.1 Å². The van der Waals surface area contributed by atoms with Crippen LogP contribution in [0.15, 0.2) is 79.1 Å². The summed E-state index contributed by atoms with van der Waals surface area (Å²) in [5.74, 6) is -1.75. The molecule has 7 amide bonds. The van der Waals surface area contributed by atoms with Crippen LogP contribution in [0.5, 0.6) is 0 Å². The summed E-state index contributed by atoms with van der Waals surface area (Å²) in [5.41, 5.74) is 4.07. The zero-order chi connectivity index (χ0) is 50.0. The van der Waals surface area contributed by atoms with Crippen LogP contribution in [-0.4, -0.2) is 137 Å². The van der Waals surface area contributed by atoms with E-state index in [-0.39, 0.29) is 42.3 Å². The number of hydrogen-bond donors (Lipinski definition) is 3. The molecule has 2 fully saturated rings. The largest absolute Gasteiger partial charge is 0.406 e. The van der Waals surface area contributed by atoms with Crippen molar-refractivity contribution >= 4 is 47.9 Å². The summed E-state index contributed by atoms with van der Waals surface area (Å²) >= 11 is 0. The van der Waals surface area contributed by atoms with Crippen molar-refractivity contribution in [2.45, 2.75) is 76.5 Å². The first-order chi connectivity index (χ1) is 33.6. The lowest BCUT2D eigenvalue weighted by atomic mass is 9.96. The Morgan fingerprint density at radius 2 is 1.61 bits per heavy atom. The van der Waals surface area contributed by atoms with Crippen molar-refractivity contribution in [3.8, 4) is 11.1 Å². The number of amides is 7. The highest BCUT2D eigenvalue weighted by atomic mass is 19.4. The Morgan fingerprint density at radius 3 is 2.27 bits per heavy atom. The van der Waals surface area contributed by atoms with Crippen molar-refractivity contribution in [2.24, 2.45) is 5.92 Å². The molecule has 0 radical (unpaired) electrons. The van der Waals surface area contributed by atoms with Crippen molar-refractivity contribution in [1.29, 1.82) is 0 Å². The van der Waals surface area contributed by atoms with E-state index in [9.17, 15) is 46.3 Å². The molecule has 2 saturated heterocycles. The highest BCUT2D eigenvalue weighted by Crippen LogP contribution is 2.43. The summed E-state index contributed by atoms with van der Waals surface area (Å²) in [6, 6.07) is 14.9. The Labute approximate surface area is 402 Å². The Bertz CT molecular complexity index is 2460. The molecule has 4 aromatic rings. The van der Waals surface area contributed by atoms with Crippen LogP contribution in [0, 0.1) is 11.7 Å². The molecule has 3 aliphatic rings. The van der Waals surface area contributed by atoms with Gasteiger partial charge in [-0.05, 0) is 89.9 Å². The average Bonchev–Trinajstić information content (AvgIpc) is 3.94. The van der Waals surface area contributed by atoms with Gasteiger partial charge in [0.2, 0.25) is 30.5 Å². The third-order valence-corrected chi connectivity index (χ3v) is 13.0. The van der Waals surface area contributed by atoms with Crippen LogP contribution in [0.25, 0.3) is 11.1 Å². The second-order valence-corrected chi connectivity index (χ2v) is 18.0. The molecule has 1 aliphatic carbocycles. The van der Waals surface area contributed by atoms with Crippen LogP contribution in [0.1, 0.15) is 67.9 Å². The first kappa shape index (κ1) is 51.0. The monoisotopic (exact) mass is 976 g/mol. The van der Waals surface area contributed by atoms with Gasteiger partial charge in [0, 0.05) is 81.9 Å². The van der Waals surface area contributed by atoms with Crippen molar-refractivity contribution in [3.63, 3.8) is 0 Å². The van der Waals surface area contributed by atoms with Crippen LogP contribution < -0.4 is 20.9 Å². The molecule has 0 spiro atoms. The van der Waals surface area contributed by atoms with Crippen LogP contribution in [-0.2, 0) is 37.1 Å². The number of piperidine rings is 1. The highest BCUT2D eigenvalue weighted by Gasteiger charge is 2.36. The molecule has 1 aromatic heterocycles. The lowest BCUT2D eigenvalue weighted by Gasteiger charge is -2.39. The molecule has 2 aliphatic heterocycles. The fourth-order valence-electron chi connectivity index (χ4n) is 9.28. The SMILES string of the molecule is CCCC(Nc1ccc(N2CCN(CC3CCN(C(=O)Cn4cc(-c5ccc6c(c5)C(F)CC6NC(=O)N(C=O)CC(=O)N(Cc5ccc(F)cc5)CC(F)(F)F)cn4)CC3)CC2)cc1)C(=O)NC=O. The minimum atomic E-state index is -4.80. The minimum Gasteiger partial charge on any atom is -0.374 e. The van der Waals surface area contributed by atoms with Crippen molar-refractivity contribution in [1.82, 2.24) is 40.0 Å². The number of imide groups is 2. The zero-order valence-electron chi connectivity index (χ0n) is 38.8. The number of alkyl halides is 4. The lowest BCUT2D eigenvalue weighted by molar-refractivity contribution is -0.162. The van der Waals surface area contributed by atoms with Crippen LogP contribution in [0.3, 0.4) is 0 Å². The third kappa shape index (κ3) is 13.4. The summed E-state index contributed by atoms with van der Waals surface area (Å²) in [6.07, 6.45) is 0.356. The number of anilines is 2. The summed E-state index contributed by atoms with van der Waals surface area (Å²) in [4.78, 5) is 81.9. The molecule has 0 bridgehead atoms. The van der Waals surface area contributed by atoms with Crippen LogP contribution >= 0.6 is 0 Å². The number of nitrogens with zero attached hydrogens (tertiary/aromatic N) is 7. The minimum absolute atomic E-state index is 0.00894. The quantitative estimate of drug-likeness (QED) is 0.0769. The molecule has 3 heterocycles. The molecule has 3 atom stereocenters. The zero-order valence-corrected chi connectivity index (χ0v) is 38.8. The van der Waals surface area contributed by atoms with Crippen LogP contribution in [0.4, 0.5) is 38.1 Å². The molecule has 16 nitrogen and oxygen atoms in total. The Kier molecular flexibility index (Phi) is 16.8. The number of carbonyl (C=O) groups is 6. The summed E-state index contributed by atoms with van der Waals surface area (Å²) < 4.78 is 70.6. The number of urea groups is 1. The molecule has 374 valence electrons. The maximum atomic E-state index is 15.5. The first-order valence-corrected chi connectivity index (χ1v) is 23.4. The smallest absolute Gasteiger partial charge is 0.374 e. The number of likely N-dealkylation sites (tertiary alicyclic amines) is 1. The number of rotatable bonds is 19. The van der Waals surface area contributed by atoms with E-state index in [2.05, 4.69) is 30.8 Å². The van der Waals surface area contributed by atoms with E-state index in [0.29, 0.717) is 58.3 Å². The maximum absolute atomic E-state index is 15.5. The highest BCUT2D eigenvalue weighted by molar-refractivity contribution is 5.92. The van der Waals surface area contributed by atoms with Gasteiger partial charge in [-0.25, -0.2) is 13.6 Å². The standard InChI is InChI=1S/C49H57F5N10O6/c1-2-3-43(47(69)55-31-65)57-38-9-11-39(12-10-38)60-20-18-59(19-21-60)25-34-14-16-61(17-15-34)46(68)29-64-27-36(24-56-64)35-6-13-40-41(22-35)42(51)23-44(40)58-48(70)63(32-66)28-45(67)62(30-49(52,53)54)26-33-4-7-37(50)8-5-33/h4-13,22,24,27,31-32,34,42-44,57H,2-3,14-21,23,25-26,28-30H2,1H3,(H,58,70)(H,55,65,69). The lowest BCUT2D eigenvalue weighted by Crippen LogP contribution is -2.49. The first-order valence-electron chi connectivity index (χ1n) is 23.4. The fourth-order valence-corrected chi connectivity index (χ4v) is 9.28. The number of fused-ring (bicyclic) bond motifs is 1. The molecule has 0 saturated carbocycles. The van der Waals surface area contributed by atoms with E-state index in [4.69, 9.17) is 0 Å². The molecule has 70 heavy (non-hydrogen) atoms. The normalized spacial score (nSPS) is 17.9. The van der Waals surface area contributed by atoms with Gasteiger partial charge in [0.1, 0.15) is 37.7 Å². The summed E-state index contributed by atoms with van der Waals surface area (Å²) in [5, 5.41) is 12.4. The number of carbonyl (C=O) groups excluding carboxylic acids is 6. The molecular weight excluding hydrogens is 920 g/mol. The van der Waals surface area contributed by atoms with Gasteiger partial charge in [0.25, 0.3) is 0 Å². The van der Waals surface area contributed by atoms with Gasteiger partial charge in [0.05, 0.1) is 12.2 Å². The third-order valence-electron chi connectivity index (χ3n) is 13.0. The average molecular weight is 977 g/mol. The molecule has 7 rings (SSSR count). The summed E-state index contributed by atoms with van der Waals surface area (Å²) in [6.45, 7) is 4.60. The Hall–Kier alpha value is -6.90. The topological polar surface area (TPSA) is 173 Å². The van der Waals surface area contributed by atoms with Crippen molar-refractivity contribution < 1.29 is 50.7 Å². The number of hydrogen-bond acceptors (Lipinski definition) is 10. The predicted molar refractivity (Wildman–Crippen MR) is 249 cm³/mol. The van der Waals surface area contributed by atoms with Gasteiger partial charge in [-0.2, -0.15) is 18.3 Å². The number of benzene rings is 3. The van der Waals surface area contributed by atoms with Gasteiger partial charge >= 0.3 is 12.2 Å². The number of nitrogens with one attached hydrogen (secondary N) is 3. The second-order valence-electron chi connectivity index (χ2n) is 18.0. The van der Waals surface area contributed by atoms with Gasteiger partial charge in [-0.15, -0.1) is 0 Å². The van der Waals surface area contributed by atoms with E-state index in [0.717, 1.165) is 75.5 Å². The number of aromatic nitrogens is 2. The summed E-state index contributed by atoms with van der Waals surface area (Å²) in [7, 11) is 0. The Morgan fingerprint density at radius 1 is 0.900 bits per heavy atom. The molecule has 3 N–H and O–H groups in total. The number of piperazine rings is 1. The molecule has 3 unspecified atom stereocenters. The van der Waals surface area contributed by atoms with Gasteiger partial charge in [-0.3, -0.25) is 43.8 Å². The van der Waals surface area contributed by atoms with E-state index in [1.165, 1.54) is 12.1 Å². The van der Waals surface area contributed by atoms with Crippen molar-refractivity contribution in [3.05, 3.63) is 102 Å². The van der Waals surface area contributed by atoms with Gasteiger partial charge < -0.3 is 25.3 Å². The predicted octanol–water partition coefficient (Wildman–Crippen LogP) is 5.82. The molecule has 3 aromatic carbocycles. The molecular formula is C49H57F5N10O6.